The SMILES string of the molecule is O=C(Cn1cccn1)N1CCC[C@@H](c2nccnc2Oc2ccccc2F)C1. The molecular weight excluding hydrogens is 361 g/mol. The van der Waals surface area contributed by atoms with Crippen molar-refractivity contribution in [2.24, 2.45) is 0 Å². The van der Waals surface area contributed by atoms with Crippen molar-refractivity contribution in [3.63, 3.8) is 0 Å². The second-order valence-corrected chi connectivity index (χ2v) is 6.66. The molecule has 0 bridgehead atoms. The highest BCUT2D eigenvalue weighted by Crippen LogP contribution is 2.33. The maximum atomic E-state index is 14.0. The molecule has 144 valence electrons. The molecule has 0 aliphatic carbocycles. The molecule has 0 spiro atoms. The number of rotatable bonds is 5. The summed E-state index contributed by atoms with van der Waals surface area (Å²) < 4.78 is 21.3. The Bertz CT molecular complexity index is 947. The number of ether oxygens (including phenoxy) is 1. The van der Waals surface area contributed by atoms with Crippen LogP contribution in [0.5, 0.6) is 11.6 Å². The summed E-state index contributed by atoms with van der Waals surface area (Å²) in [5, 5.41) is 4.09. The van der Waals surface area contributed by atoms with E-state index >= 15 is 0 Å². The van der Waals surface area contributed by atoms with Crippen LogP contribution >= 0.6 is 0 Å². The first kappa shape index (κ1) is 18.1. The fourth-order valence-electron chi connectivity index (χ4n) is 3.39. The quantitative estimate of drug-likeness (QED) is 0.679. The van der Waals surface area contributed by atoms with Crippen LogP contribution in [0.2, 0.25) is 0 Å². The Kier molecular flexibility index (Phi) is 5.27. The molecule has 2 aromatic heterocycles. The van der Waals surface area contributed by atoms with E-state index in [0.29, 0.717) is 18.8 Å². The van der Waals surface area contributed by atoms with Gasteiger partial charge in [0.15, 0.2) is 11.6 Å². The number of benzene rings is 1. The third-order valence-electron chi connectivity index (χ3n) is 4.75. The maximum Gasteiger partial charge on any atom is 0.244 e. The van der Waals surface area contributed by atoms with E-state index in [9.17, 15) is 9.18 Å². The molecule has 0 radical (unpaired) electrons. The molecule has 1 aliphatic heterocycles. The van der Waals surface area contributed by atoms with Crippen molar-refractivity contribution in [3.8, 4) is 11.6 Å². The zero-order valence-electron chi connectivity index (χ0n) is 15.2. The van der Waals surface area contributed by atoms with Crippen molar-refractivity contribution in [2.75, 3.05) is 13.1 Å². The molecule has 1 atom stereocenters. The lowest BCUT2D eigenvalue weighted by Crippen LogP contribution is -2.41. The van der Waals surface area contributed by atoms with Gasteiger partial charge in [0.05, 0.1) is 0 Å². The molecule has 8 heteroatoms. The van der Waals surface area contributed by atoms with Gasteiger partial charge in [-0.1, -0.05) is 12.1 Å². The van der Waals surface area contributed by atoms with Crippen molar-refractivity contribution in [1.29, 1.82) is 0 Å². The number of carbonyl (C=O) groups is 1. The maximum absolute atomic E-state index is 14.0. The lowest BCUT2D eigenvalue weighted by atomic mass is 9.94. The lowest BCUT2D eigenvalue weighted by molar-refractivity contribution is -0.133. The van der Waals surface area contributed by atoms with Crippen LogP contribution in [-0.2, 0) is 11.3 Å². The number of hydrogen-bond acceptors (Lipinski definition) is 5. The minimum absolute atomic E-state index is 0.00821. The minimum Gasteiger partial charge on any atom is -0.434 e. The Labute approximate surface area is 161 Å². The monoisotopic (exact) mass is 381 g/mol. The summed E-state index contributed by atoms with van der Waals surface area (Å²) in [6.45, 7) is 1.42. The molecule has 7 nitrogen and oxygen atoms in total. The van der Waals surface area contributed by atoms with Crippen LogP contribution in [0.25, 0.3) is 0 Å². The lowest BCUT2D eigenvalue weighted by Gasteiger charge is -2.32. The van der Waals surface area contributed by atoms with Gasteiger partial charge in [-0.05, 0) is 31.0 Å². The van der Waals surface area contributed by atoms with Gasteiger partial charge < -0.3 is 9.64 Å². The third kappa shape index (κ3) is 4.00. The van der Waals surface area contributed by atoms with Crippen LogP contribution in [0.1, 0.15) is 24.5 Å². The smallest absolute Gasteiger partial charge is 0.244 e. The van der Waals surface area contributed by atoms with Gasteiger partial charge in [0.25, 0.3) is 0 Å². The van der Waals surface area contributed by atoms with Gasteiger partial charge in [0.2, 0.25) is 11.8 Å². The highest BCUT2D eigenvalue weighted by molar-refractivity contribution is 5.76. The fraction of sp³-hybridized carbons (Fsp3) is 0.300. The van der Waals surface area contributed by atoms with E-state index in [1.807, 2.05) is 4.90 Å². The Morgan fingerprint density at radius 1 is 1.18 bits per heavy atom. The van der Waals surface area contributed by atoms with E-state index in [0.717, 1.165) is 12.8 Å². The largest absolute Gasteiger partial charge is 0.434 e. The van der Waals surface area contributed by atoms with Crippen molar-refractivity contribution in [3.05, 3.63) is 66.6 Å². The molecule has 1 amide bonds. The summed E-state index contributed by atoms with van der Waals surface area (Å²) in [5.41, 5.74) is 0.641. The minimum atomic E-state index is -0.459. The van der Waals surface area contributed by atoms with Gasteiger partial charge >= 0.3 is 0 Å². The van der Waals surface area contributed by atoms with E-state index in [-0.39, 0.29) is 30.0 Å². The van der Waals surface area contributed by atoms with E-state index in [1.165, 1.54) is 12.3 Å². The van der Waals surface area contributed by atoms with Crippen LogP contribution in [0.3, 0.4) is 0 Å². The van der Waals surface area contributed by atoms with Gasteiger partial charge in [-0.25, -0.2) is 9.37 Å². The van der Waals surface area contributed by atoms with Gasteiger partial charge in [0, 0.05) is 43.8 Å². The van der Waals surface area contributed by atoms with Crippen molar-refractivity contribution >= 4 is 5.91 Å². The van der Waals surface area contributed by atoms with Gasteiger partial charge in [0.1, 0.15) is 12.2 Å². The summed E-state index contributed by atoms with van der Waals surface area (Å²) in [5.74, 6) is -0.0934. The first-order chi connectivity index (χ1) is 13.7. The standard InChI is InChI=1S/C20H20FN5O2/c21-16-6-1-2-7-17(16)28-20-19(22-9-10-23-20)15-5-3-11-25(13-15)18(27)14-26-12-4-8-24-26/h1-2,4,6-10,12,15H,3,5,11,13-14H2/t15-/m1/s1. The molecule has 1 aliphatic rings. The number of nitrogens with zero attached hydrogens (tertiary/aromatic N) is 5. The van der Waals surface area contributed by atoms with Crippen molar-refractivity contribution in [1.82, 2.24) is 24.6 Å². The molecule has 0 N–H and O–H groups in total. The number of carbonyl (C=O) groups excluding carboxylic acids is 1. The third-order valence-corrected chi connectivity index (χ3v) is 4.75. The Morgan fingerprint density at radius 3 is 2.86 bits per heavy atom. The van der Waals surface area contributed by atoms with Gasteiger partial charge in [-0.3, -0.25) is 14.5 Å². The van der Waals surface area contributed by atoms with Crippen molar-refractivity contribution in [2.45, 2.75) is 25.3 Å². The molecule has 1 aromatic carbocycles. The molecule has 3 aromatic rings. The van der Waals surface area contributed by atoms with Crippen LogP contribution in [0, 0.1) is 5.82 Å². The van der Waals surface area contributed by atoms with Crippen LogP contribution in [-0.4, -0.2) is 43.6 Å². The fourth-order valence-corrected chi connectivity index (χ4v) is 3.39. The van der Waals surface area contributed by atoms with E-state index < -0.39 is 5.82 Å². The zero-order valence-corrected chi connectivity index (χ0v) is 15.2. The topological polar surface area (TPSA) is 73.1 Å². The average molecular weight is 381 g/mol. The first-order valence-electron chi connectivity index (χ1n) is 9.19. The Hall–Kier alpha value is -3.29. The molecule has 3 heterocycles. The molecule has 0 unspecified atom stereocenters. The van der Waals surface area contributed by atoms with E-state index in [4.69, 9.17) is 4.74 Å². The predicted molar refractivity (Wildman–Crippen MR) is 99.3 cm³/mol. The van der Waals surface area contributed by atoms with Crippen LogP contribution in [0.15, 0.2) is 55.1 Å². The normalized spacial score (nSPS) is 16.8. The summed E-state index contributed by atoms with van der Waals surface area (Å²) in [7, 11) is 0. The molecule has 28 heavy (non-hydrogen) atoms. The number of aromatic nitrogens is 4. The number of piperidine rings is 1. The van der Waals surface area contributed by atoms with E-state index in [2.05, 4.69) is 15.1 Å². The summed E-state index contributed by atoms with van der Waals surface area (Å²) in [6, 6.07) is 7.98. The second kappa shape index (κ2) is 8.16. The van der Waals surface area contributed by atoms with Crippen molar-refractivity contribution < 1.29 is 13.9 Å². The summed E-state index contributed by atoms with van der Waals surface area (Å²) >= 11 is 0. The van der Waals surface area contributed by atoms with Crippen LogP contribution < -0.4 is 4.74 Å². The molecule has 0 saturated carbocycles. The molecular formula is C20H20FN5O2. The van der Waals surface area contributed by atoms with Gasteiger partial charge in [-0.2, -0.15) is 5.10 Å². The number of amides is 1. The Balaban J connectivity index is 1.51. The highest BCUT2D eigenvalue weighted by atomic mass is 19.1. The Morgan fingerprint density at radius 2 is 2.04 bits per heavy atom. The number of halogens is 1. The number of likely N-dealkylation sites (tertiary alicyclic amines) is 1. The highest BCUT2D eigenvalue weighted by Gasteiger charge is 2.28. The average Bonchev–Trinajstić information content (AvgIpc) is 3.23. The molecule has 1 saturated heterocycles. The summed E-state index contributed by atoms with van der Waals surface area (Å²) in [4.78, 5) is 23.1. The summed E-state index contributed by atoms with van der Waals surface area (Å²) in [6.07, 6.45) is 8.24. The van der Waals surface area contributed by atoms with Gasteiger partial charge in [-0.15, -0.1) is 0 Å². The predicted octanol–water partition coefficient (Wildman–Crippen LogP) is 3.01. The first-order valence-corrected chi connectivity index (χ1v) is 9.19. The van der Waals surface area contributed by atoms with Crippen LogP contribution in [0.4, 0.5) is 4.39 Å². The number of para-hydroxylation sites is 1. The second-order valence-electron chi connectivity index (χ2n) is 6.66. The zero-order chi connectivity index (χ0) is 19.3. The molecule has 4 rings (SSSR count). The van der Waals surface area contributed by atoms with E-state index in [1.54, 1.807) is 47.5 Å². The molecule has 1 fully saturated rings. The number of hydrogen-bond donors (Lipinski definition) is 0.